The first kappa shape index (κ1) is 20.5. The van der Waals surface area contributed by atoms with Crippen molar-refractivity contribution in [3.8, 4) is 0 Å². The van der Waals surface area contributed by atoms with Crippen molar-refractivity contribution >= 4 is 28.7 Å². The molecule has 27 heavy (non-hydrogen) atoms. The molecule has 1 aromatic heterocycles. The lowest BCUT2D eigenvalue weighted by Crippen LogP contribution is -2.50. The molecule has 3 N–H and O–H groups in total. The van der Waals surface area contributed by atoms with E-state index in [0.29, 0.717) is 6.42 Å². The quantitative estimate of drug-likeness (QED) is 0.659. The number of amides is 2. The molecule has 0 aliphatic heterocycles. The summed E-state index contributed by atoms with van der Waals surface area (Å²) in [5.41, 5.74) is 1.88. The van der Waals surface area contributed by atoms with Gasteiger partial charge in [-0.15, -0.1) is 0 Å². The molecule has 0 aliphatic rings. The number of benzene rings is 1. The van der Waals surface area contributed by atoms with Crippen LogP contribution in [0.2, 0.25) is 0 Å². The van der Waals surface area contributed by atoms with E-state index in [1.54, 1.807) is 27.8 Å². The van der Waals surface area contributed by atoms with E-state index in [-0.39, 0.29) is 24.3 Å². The van der Waals surface area contributed by atoms with Crippen LogP contribution < -0.4 is 5.32 Å². The molecule has 2 aromatic rings. The molecule has 146 valence electrons. The van der Waals surface area contributed by atoms with E-state index < -0.39 is 17.9 Å². The topological polar surface area (TPSA) is 103 Å². The summed E-state index contributed by atoms with van der Waals surface area (Å²) < 4.78 is 0. The lowest BCUT2D eigenvalue weighted by Gasteiger charge is -2.26. The molecule has 0 bridgehead atoms. The van der Waals surface area contributed by atoms with E-state index in [0.717, 1.165) is 16.5 Å². The first-order valence-corrected chi connectivity index (χ1v) is 9.03. The summed E-state index contributed by atoms with van der Waals surface area (Å²) in [6.45, 7) is 5.15. The minimum absolute atomic E-state index is 0.0795. The Hall–Kier alpha value is -2.83. The lowest BCUT2D eigenvalue weighted by molar-refractivity contribution is -0.143. The summed E-state index contributed by atoms with van der Waals surface area (Å²) in [5, 5.41) is 12.9. The van der Waals surface area contributed by atoms with E-state index in [1.165, 1.54) is 4.90 Å². The summed E-state index contributed by atoms with van der Waals surface area (Å²) in [4.78, 5) is 40.8. The number of carboxylic acid groups (broad SMARTS) is 1. The Morgan fingerprint density at radius 3 is 2.48 bits per heavy atom. The summed E-state index contributed by atoms with van der Waals surface area (Å²) in [6.07, 6.45) is 2.17. The second-order valence-electron chi connectivity index (χ2n) is 7.24. The minimum atomic E-state index is -0.964. The molecule has 0 saturated heterocycles. The van der Waals surface area contributed by atoms with Gasteiger partial charge in [-0.2, -0.15) is 0 Å². The van der Waals surface area contributed by atoms with Crippen LogP contribution >= 0.6 is 0 Å². The van der Waals surface area contributed by atoms with Gasteiger partial charge in [-0.1, -0.05) is 39.0 Å². The number of H-pyrrole nitrogens is 1. The molecule has 2 amide bonds. The number of carboxylic acids is 1. The number of aromatic nitrogens is 1. The molecule has 0 fully saturated rings. The number of aromatic amines is 1. The number of hydrogen-bond acceptors (Lipinski definition) is 3. The fourth-order valence-corrected chi connectivity index (χ4v) is 2.90. The average molecular weight is 373 g/mol. The number of nitrogens with zero attached hydrogens (tertiary/aromatic N) is 1. The summed E-state index contributed by atoms with van der Waals surface area (Å²) in [7, 11) is 1.56. The van der Waals surface area contributed by atoms with E-state index >= 15 is 0 Å². The van der Waals surface area contributed by atoms with Gasteiger partial charge in [0, 0.05) is 43.0 Å². The first-order chi connectivity index (χ1) is 12.7. The van der Waals surface area contributed by atoms with Crippen LogP contribution in [-0.4, -0.2) is 52.4 Å². The summed E-state index contributed by atoms with van der Waals surface area (Å²) in [6, 6.07) is 6.99. The fraction of sp³-hybridized carbons (Fsp3) is 0.450. The zero-order valence-corrected chi connectivity index (χ0v) is 16.2. The number of para-hydroxylation sites is 1. The van der Waals surface area contributed by atoms with E-state index in [4.69, 9.17) is 5.11 Å². The second-order valence-corrected chi connectivity index (χ2v) is 7.24. The van der Waals surface area contributed by atoms with Crippen LogP contribution in [0.15, 0.2) is 30.5 Å². The molecule has 2 atom stereocenters. The van der Waals surface area contributed by atoms with Gasteiger partial charge >= 0.3 is 5.97 Å². The molecule has 7 heteroatoms. The van der Waals surface area contributed by atoms with Gasteiger partial charge in [-0.05, 0) is 11.6 Å². The van der Waals surface area contributed by atoms with Gasteiger partial charge < -0.3 is 20.3 Å². The highest BCUT2D eigenvalue weighted by atomic mass is 16.4. The van der Waals surface area contributed by atoms with Crippen LogP contribution in [0.3, 0.4) is 0 Å². The number of aliphatic carboxylic acids is 1. The van der Waals surface area contributed by atoms with Crippen molar-refractivity contribution in [1.82, 2.24) is 15.2 Å². The average Bonchev–Trinajstić information content (AvgIpc) is 3.03. The van der Waals surface area contributed by atoms with Crippen LogP contribution in [-0.2, 0) is 20.8 Å². The van der Waals surface area contributed by atoms with E-state index in [1.807, 2.05) is 30.5 Å². The predicted molar refractivity (Wildman–Crippen MR) is 103 cm³/mol. The smallest absolute Gasteiger partial charge is 0.308 e. The molecule has 2 unspecified atom stereocenters. The Balaban J connectivity index is 2.23. The number of carbonyl (C=O) groups excluding carboxylic acids is 2. The number of hydrogen-bond donors (Lipinski definition) is 3. The van der Waals surface area contributed by atoms with Gasteiger partial charge in [0.15, 0.2) is 0 Å². The lowest BCUT2D eigenvalue weighted by atomic mass is 10.0. The van der Waals surface area contributed by atoms with Crippen LogP contribution in [0.4, 0.5) is 0 Å². The van der Waals surface area contributed by atoms with Crippen molar-refractivity contribution in [2.24, 2.45) is 11.8 Å². The molecule has 2 rings (SSSR count). The maximum atomic E-state index is 12.9. The minimum Gasteiger partial charge on any atom is -0.481 e. The molecule has 0 radical (unpaired) electrons. The zero-order chi connectivity index (χ0) is 20.1. The zero-order valence-electron chi connectivity index (χ0n) is 16.2. The molecule has 1 aromatic carbocycles. The van der Waals surface area contributed by atoms with Gasteiger partial charge in [0.25, 0.3) is 0 Å². The molecular weight excluding hydrogens is 346 g/mol. The molecule has 0 saturated carbocycles. The molecule has 0 spiro atoms. The highest BCUT2D eigenvalue weighted by Gasteiger charge is 2.28. The third kappa shape index (κ3) is 5.09. The van der Waals surface area contributed by atoms with E-state index in [9.17, 15) is 14.4 Å². The van der Waals surface area contributed by atoms with E-state index in [2.05, 4.69) is 10.3 Å². The maximum Gasteiger partial charge on any atom is 0.308 e. The fourth-order valence-electron chi connectivity index (χ4n) is 2.90. The third-order valence-corrected chi connectivity index (χ3v) is 4.58. The number of rotatable bonds is 8. The van der Waals surface area contributed by atoms with Crippen LogP contribution in [0.5, 0.6) is 0 Å². The van der Waals surface area contributed by atoms with Crippen molar-refractivity contribution in [3.05, 3.63) is 36.0 Å². The van der Waals surface area contributed by atoms with Crippen LogP contribution in [0.1, 0.15) is 26.3 Å². The monoisotopic (exact) mass is 373 g/mol. The SMILES string of the molecule is CC(C)C(=O)NC(Cc1c[nH]c2ccccc12)C(=O)N(C)CC(C)C(=O)O. The Kier molecular flexibility index (Phi) is 6.60. The van der Waals surface area contributed by atoms with Gasteiger partial charge in [-0.25, -0.2) is 0 Å². The number of fused-ring (bicyclic) bond motifs is 1. The number of nitrogens with one attached hydrogen (secondary N) is 2. The van der Waals surface area contributed by atoms with Gasteiger partial charge in [0.05, 0.1) is 5.92 Å². The van der Waals surface area contributed by atoms with Crippen LogP contribution in [0.25, 0.3) is 10.9 Å². The standard InChI is InChI=1S/C20H27N3O4/c1-12(2)18(24)22-17(19(25)23(4)11-13(3)20(26)27)9-14-10-21-16-8-6-5-7-15(14)16/h5-8,10,12-13,17,21H,9,11H2,1-4H3,(H,22,24)(H,26,27). The first-order valence-electron chi connectivity index (χ1n) is 9.03. The predicted octanol–water partition coefficient (Wildman–Crippen LogP) is 2.03. The second kappa shape index (κ2) is 8.70. The summed E-state index contributed by atoms with van der Waals surface area (Å²) in [5.74, 6) is -2.43. The maximum absolute atomic E-state index is 12.9. The molecule has 0 aliphatic carbocycles. The number of carbonyl (C=O) groups is 3. The van der Waals surface area contributed by atoms with Crippen molar-refractivity contribution in [2.45, 2.75) is 33.2 Å². The molecule has 1 heterocycles. The normalized spacial score (nSPS) is 13.4. The highest BCUT2D eigenvalue weighted by molar-refractivity contribution is 5.90. The largest absolute Gasteiger partial charge is 0.481 e. The Bertz CT molecular complexity index is 827. The summed E-state index contributed by atoms with van der Waals surface area (Å²) >= 11 is 0. The van der Waals surface area contributed by atoms with Crippen molar-refractivity contribution < 1.29 is 19.5 Å². The number of likely N-dealkylation sites (N-methyl/N-ethyl adjacent to an activating group) is 1. The molecule has 7 nitrogen and oxygen atoms in total. The van der Waals surface area contributed by atoms with Gasteiger partial charge in [0.2, 0.25) is 11.8 Å². The Morgan fingerprint density at radius 1 is 1.19 bits per heavy atom. The Morgan fingerprint density at radius 2 is 1.85 bits per heavy atom. The highest BCUT2D eigenvalue weighted by Crippen LogP contribution is 2.20. The van der Waals surface area contributed by atoms with Crippen molar-refractivity contribution in [1.29, 1.82) is 0 Å². The van der Waals surface area contributed by atoms with Crippen molar-refractivity contribution in [3.63, 3.8) is 0 Å². The van der Waals surface area contributed by atoms with Crippen LogP contribution in [0, 0.1) is 11.8 Å². The van der Waals surface area contributed by atoms with Gasteiger partial charge in [-0.3, -0.25) is 14.4 Å². The molecular formula is C20H27N3O4. The third-order valence-electron chi connectivity index (χ3n) is 4.58. The van der Waals surface area contributed by atoms with Crippen molar-refractivity contribution in [2.75, 3.05) is 13.6 Å². The Labute approximate surface area is 158 Å². The van der Waals surface area contributed by atoms with Gasteiger partial charge in [0.1, 0.15) is 6.04 Å².